The van der Waals surface area contributed by atoms with E-state index in [-0.39, 0.29) is 10.9 Å². The Labute approximate surface area is 163 Å². The lowest BCUT2D eigenvalue weighted by Gasteiger charge is -2.05. The highest BCUT2D eigenvalue weighted by atomic mass is 32.2. The van der Waals surface area contributed by atoms with E-state index in [1.165, 1.54) is 17.6 Å². The molecule has 0 heterocycles. The molecule has 0 fully saturated rings. The minimum absolute atomic E-state index is 0.121. The van der Waals surface area contributed by atoms with E-state index in [0.29, 0.717) is 5.75 Å². The third kappa shape index (κ3) is 8.19. The first-order chi connectivity index (χ1) is 12.9. The summed E-state index contributed by atoms with van der Waals surface area (Å²) in [6, 6.07) is 18.0. The molecule has 0 bridgehead atoms. The monoisotopic (exact) mass is 439 g/mol. The molecule has 1 unspecified atom stereocenters. The number of hydrogen-bond acceptors (Lipinski definition) is 5. The number of rotatable bonds is 4. The third-order valence-corrected chi connectivity index (χ3v) is 5.54. The van der Waals surface area contributed by atoms with Gasteiger partial charge in [0.1, 0.15) is 17.8 Å². The molecule has 0 aliphatic heterocycles. The molecule has 2 aromatic carbocycles. The quantitative estimate of drug-likeness (QED) is 0.254. The molecule has 1 N–H and O–H groups in total. The molecule has 0 radical (unpaired) electrons. The number of benzene rings is 2. The van der Waals surface area contributed by atoms with Crippen LogP contribution in [0.2, 0.25) is 0 Å². The Morgan fingerprint density at radius 1 is 1.07 bits per heavy atom. The van der Waals surface area contributed by atoms with E-state index in [4.69, 9.17) is 17.7 Å². The summed E-state index contributed by atoms with van der Waals surface area (Å²) in [4.78, 5) is 12.2. The van der Waals surface area contributed by atoms with Crippen LogP contribution in [0.1, 0.15) is 5.56 Å². The van der Waals surface area contributed by atoms with E-state index in [0.717, 1.165) is 5.75 Å². The normalized spacial score (nSPS) is 12.4. The fourth-order valence-electron chi connectivity index (χ4n) is 1.79. The summed E-state index contributed by atoms with van der Waals surface area (Å²) in [5, 5.41) is 0. The maximum atomic E-state index is 11.0. The number of methoxy groups -OCH3 is 1. The standard InChI is InChI=1S/C16H17O3S.CHF3O3S/c1-18-16(17)19-14-8-10-15(11-9-14)20(2)12-13-6-4-3-5-7-13;2-1(3,4)8(5,6)7/h3-11H,12H2,1-2H3;(H,5,6,7)/q+1;. The van der Waals surface area contributed by atoms with Crippen LogP contribution in [0.25, 0.3) is 0 Å². The van der Waals surface area contributed by atoms with Gasteiger partial charge in [0.25, 0.3) is 0 Å². The van der Waals surface area contributed by atoms with Crippen LogP contribution >= 0.6 is 0 Å². The topological polar surface area (TPSA) is 89.9 Å². The van der Waals surface area contributed by atoms with Crippen LogP contribution < -0.4 is 4.74 Å². The van der Waals surface area contributed by atoms with Gasteiger partial charge < -0.3 is 9.47 Å². The van der Waals surface area contributed by atoms with Crippen LogP contribution in [0.5, 0.6) is 5.75 Å². The molecule has 154 valence electrons. The fourth-order valence-corrected chi connectivity index (χ4v) is 3.25. The van der Waals surface area contributed by atoms with Gasteiger partial charge in [0.15, 0.2) is 4.90 Å². The molecule has 0 aromatic heterocycles. The molecule has 28 heavy (non-hydrogen) atoms. The summed E-state index contributed by atoms with van der Waals surface area (Å²) in [5.41, 5.74) is -4.21. The predicted molar refractivity (Wildman–Crippen MR) is 98.8 cm³/mol. The molecule has 1 atom stereocenters. The lowest BCUT2D eigenvalue weighted by molar-refractivity contribution is -0.0510. The molecule has 11 heteroatoms. The molecule has 0 aliphatic carbocycles. The van der Waals surface area contributed by atoms with Crippen LogP contribution in [0.4, 0.5) is 18.0 Å². The highest BCUT2D eigenvalue weighted by Gasteiger charge is 2.44. The maximum absolute atomic E-state index is 11.0. The molecule has 0 amide bonds. The maximum Gasteiger partial charge on any atom is 0.522 e. The molecular weight excluding hydrogens is 421 g/mol. The van der Waals surface area contributed by atoms with Crippen molar-refractivity contribution in [3.63, 3.8) is 0 Å². The highest BCUT2D eigenvalue weighted by Crippen LogP contribution is 2.21. The van der Waals surface area contributed by atoms with Crippen LogP contribution in [-0.2, 0) is 31.5 Å². The van der Waals surface area contributed by atoms with Gasteiger partial charge in [0.2, 0.25) is 0 Å². The van der Waals surface area contributed by atoms with Crippen molar-refractivity contribution >= 4 is 27.2 Å². The molecule has 0 saturated heterocycles. The zero-order valence-corrected chi connectivity index (χ0v) is 16.5. The zero-order valence-electron chi connectivity index (χ0n) is 14.8. The number of carbonyl (C=O) groups excluding carboxylic acids is 1. The predicted octanol–water partition coefficient (Wildman–Crippen LogP) is 4.03. The summed E-state index contributed by atoms with van der Waals surface area (Å²) in [6.07, 6.45) is 1.51. The Balaban J connectivity index is 0.000000416. The van der Waals surface area contributed by atoms with Crippen molar-refractivity contribution in [3.05, 3.63) is 60.2 Å². The number of alkyl halides is 3. The van der Waals surface area contributed by atoms with E-state index in [1.54, 1.807) is 12.1 Å². The minimum atomic E-state index is -5.84. The smallest absolute Gasteiger partial charge is 0.437 e. The molecule has 0 spiro atoms. The Bertz CT molecular complexity index is 853. The lowest BCUT2D eigenvalue weighted by atomic mass is 10.2. The fraction of sp³-hybridized carbons (Fsp3) is 0.235. The first-order valence-electron chi connectivity index (χ1n) is 7.50. The van der Waals surface area contributed by atoms with Crippen molar-refractivity contribution in [2.24, 2.45) is 0 Å². The van der Waals surface area contributed by atoms with Crippen molar-refractivity contribution in [3.8, 4) is 5.75 Å². The first-order valence-corrected chi connectivity index (χ1v) is 10.7. The molecular formula is C17H18F3O6S2+. The van der Waals surface area contributed by atoms with Crippen LogP contribution in [0, 0.1) is 0 Å². The first kappa shape index (κ1) is 23.8. The lowest BCUT2D eigenvalue weighted by Crippen LogP contribution is -2.21. The van der Waals surface area contributed by atoms with Gasteiger partial charge in [0.05, 0.1) is 7.11 Å². The zero-order chi connectivity index (χ0) is 21.4. The van der Waals surface area contributed by atoms with Crippen molar-refractivity contribution in [1.82, 2.24) is 0 Å². The van der Waals surface area contributed by atoms with Gasteiger partial charge in [-0.05, 0) is 24.3 Å². The molecule has 6 nitrogen and oxygen atoms in total. The average molecular weight is 439 g/mol. The summed E-state index contributed by atoms with van der Waals surface area (Å²) < 4.78 is 67.0. The summed E-state index contributed by atoms with van der Waals surface area (Å²) in [6.45, 7) is 0. The van der Waals surface area contributed by atoms with Gasteiger partial charge in [-0.15, -0.1) is 0 Å². The molecule has 0 saturated carbocycles. The van der Waals surface area contributed by atoms with Gasteiger partial charge >= 0.3 is 21.8 Å². The summed E-state index contributed by atoms with van der Waals surface area (Å²) in [7, 11) is -4.43. The average Bonchev–Trinajstić information content (AvgIpc) is 2.62. The van der Waals surface area contributed by atoms with E-state index in [2.05, 4.69) is 35.3 Å². The molecule has 2 aromatic rings. The van der Waals surface area contributed by atoms with Crippen LogP contribution in [0.3, 0.4) is 0 Å². The van der Waals surface area contributed by atoms with E-state index in [1.807, 2.05) is 18.2 Å². The molecule has 0 aliphatic rings. The van der Waals surface area contributed by atoms with Gasteiger partial charge in [0, 0.05) is 16.5 Å². The number of ether oxygens (including phenoxy) is 2. The number of carbonyl (C=O) groups is 1. The van der Waals surface area contributed by atoms with Crippen molar-refractivity contribution in [2.45, 2.75) is 16.2 Å². The van der Waals surface area contributed by atoms with Gasteiger partial charge in [-0.3, -0.25) is 4.55 Å². The Morgan fingerprint density at radius 2 is 1.57 bits per heavy atom. The number of hydrogen-bond donors (Lipinski definition) is 1. The Hall–Kier alpha value is -2.24. The highest BCUT2D eigenvalue weighted by molar-refractivity contribution is 7.95. The Morgan fingerprint density at radius 3 is 2.00 bits per heavy atom. The van der Waals surface area contributed by atoms with Crippen LogP contribution in [0.15, 0.2) is 59.5 Å². The van der Waals surface area contributed by atoms with E-state index in [9.17, 15) is 18.0 Å². The second-order valence-electron chi connectivity index (χ2n) is 5.22. The number of halogens is 3. The van der Waals surface area contributed by atoms with Crippen molar-refractivity contribution in [1.29, 1.82) is 0 Å². The van der Waals surface area contributed by atoms with Crippen molar-refractivity contribution < 1.29 is 40.4 Å². The second-order valence-corrected chi connectivity index (χ2v) is 8.66. The minimum Gasteiger partial charge on any atom is -0.437 e. The largest absolute Gasteiger partial charge is 0.522 e. The SMILES string of the molecule is COC(=O)Oc1ccc([S+](C)Cc2ccccc2)cc1.O=S(=O)(O)C(F)(F)F. The van der Waals surface area contributed by atoms with Gasteiger partial charge in [-0.2, -0.15) is 21.6 Å². The van der Waals surface area contributed by atoms with E-state index < -0.39 is 21.8 Å². The second kappa shape index (κ2) is 10.3. The van der Waals surface area contributed by atoms with Gasteiger partial charge in [-0.1, -0.05) is 30.3 Å². The van der Waals surface area contributed by atoms with E-state index >= 15 is 0 Å². The Kier molecular flexibility index (Phi) is 8.79. The summed E-state index contributed by atoms with van der Waals surface area (Å²) in [5.74, 6) is 1.51. The van der Waals surface area contributed by atoms with Crippen LogP contribution in [-0.4, -0.2) is 38.0 Å². The molecule has 2 rings (SSSR count). The summed E-state index contributed by atoms with van der Waals surface area (Å²) >= 11 is 0. The van der Waals surface area contributed by atoms with Gasteiger partial charge in [-0.25, -0.2) is 4.79 Å². The third-order valence-electron chi connectivity index (χ3n) is 3.11. The van der Waals surface area contributed by atoms with Crippen molar-refractivity contribution in [2.75, 3.05) is 13.4 Å².